The first-order chi connectivity index (χ1) is 15.6. The van der Waals surface area contributed by atoms with Crippen molar-refractivity contribution < 1.29 is 27.9 Å². The van der Waals surface area contributed by atoms with Gasteiger partial charge in [0.1, 0.15) is 0 Å². The maximum atomic E-state index is 12.4. The molecule has 1 aromatic heterocycles. The van der Waals surface area contributed by atoms with E-state index in [0.717, 1.165) is 35.2 Å². The van der Waals surface area contributed by atoms with Crippen molar-refractivity contribution in [1.29, 1.82) is 0 Å². The zero-order chi connectivity index (χ0) is 24.2. The third kappa shape index (κ3) is 6.10. The molecular weight excluding hydrogens is 457 g/mol. The molecule has 9 heteroatoms. The number of nitrogens with zero attached hydrogens (tertiary/aromatic N) is 2. The van der Waals surface area contributed by atoms with Gasteiger partial charge in [0, 0.05) is 30.0 Å². The van der Waals surface area contributed by atoms with Crippen molar-refractivity contribution in [1.82, 2.24) is 4.98 Å². The highest BCUT2D eigenvalue weighted by atomic mass is 35.5. The number of benzene rings is 2. The molecule has 0 radical (unpaired) electrons. The van der Waals surface area contributed by atoms with Crippen LogP contribution in [-0.2, 0) is 29.0 Å². The second-order valence-electron chi connectivity index (χ2n) is 7.41. The number of carbonyl (C=O) groups excluding carboxylic acids is 1. The number of hydrogen-bond donors (Lipinski definition) is 1. The van der Waals surface area contributed by atoms with Crippen molar-refractivity contribution in [2.24, 2.45) is 0 Å². The average Bonchev–Trinajstić information content (AvgIpc) is 2.75. The number of carboxylic acids is 1. The molecule has 0 saturated heterocycles. The van der Waals surface area contributed by atoms with Crippen LogP contribution in [0.5, 0.6) is 0 Å². The molecule has 0 bridgehead atoms. The van der Waals surface area contributed by atoms with E-state index >= 15 is 0 Å². The van der Waals surface area contributed by atoms with Crippen LogP contribution in [0.4, 0.5) is 18.9 Å². The summed E-state index contributed by atoms with van der Waals surface area (Å²) in [6.45, 7) is 2.18. The van der Waals surface area contributed by atoms with Gasteiger partial charge in [-0.05, 0) is 71.0 Å². The highest BCUT2D eigenvalue weighted by Crippen LogP contribution is 2.32. The summed E-state index contributed by atoms with van der Waals surface area (Å²) < 4.78 is 31.7. The molecule has 172 valence electrons. The third-order valence-corrected chi connectivity index (χ3v) is 5.38. The van der Waals surface area contributed by atoms with Crippen molar-refractivity contribution in [3.63, 3.8) is 0 Å². The predicted molar refractivity (Wildman–Crippen MR) is 119 cm³/mol. The molecular formula is C24H20ClF3N2O3. The van der Waals surface area contributed by atoms with E-state index < -0.39 is 12.1 Å². The Balaban J connectivity index is 0.000000383. The number of rotatable bonds is 1. The predicted octanol–water partition coefficient (Wildman–Crippen LogP) is 5.69. The summed E-state index contributed by atoms with van der Waals surface area (Å²) in [5, 5.41) is 7.83. The molecule has 0 aliphatic carbocycles. The van der Waals surface area contributed by atoms with E-state index in [9.17, 15) is 18.0 Å². The maximum absolute atomic E-state index is 12.4. The molecule has 5 nitrogen and oxygen atoms in total. The number of aromatic nitrogens is 1. The van der Waals surface area contributed by atoms with Gasteiger partial charge < -0.3 is 10.0 Å². The quantitative estimate of drug-likeness (QED) is 0.490. The van der Waals surface area contributed by atoms with Gasteiger partial charge in [0.05, 0.1) is 6.54 Å². The Bertz CT molecular complexity index is 1170. The summed E-state index contributed by atoms with van der Waals surface area (Å²) in [5.74, 6) is -2.72. The third-order valence-electron chi connectivity index (χ3n) is 5.15. The lowest BCUT2D eigenvalue weighted by Crippen LogP contribution is -2.30. The van der Waals surface area contributed by atoms with Crippen LogP contribution in [0.15, 0.2) is 60.9 Å². The van der Waals surface area contributed by atoms with E-state index in [-0.39, 0.29) is 5.91 Å². The zero-order valence-corrected chi connectivity index (χ0v) is 18.3. The summed E-state index contributed by atoms with van der Waals surface area (Å²) in [4.78, 5) is 27.3. The number of aryl methyl sites for hydroxylation is 2. The fourth-order valence-corrected chi connectivity index (χ4v) is 3.75. The highest BCUT2D eigenvalue weighted by Gasteiger charge is 2.38. The average molecular weight is 477 g/mol. The van der Waals surface area contributed by atoms with Gasteiger partial charge in [0.25, 0.3) is 0 Å². The normalized spacial score (nSPS) is 12.9. The Morgan fingerprint density at radius 1 is 1.00 bits per heavy atom. The fourth-order valence-electron chi connectivity index (χ4n) is 3.55. The van der Waals surface area contributed by atoms with Crippen LogP contribution < -0.4 is 4.90 Å². The van der Waals surface area contributed by atoms with Gasteiger partial charge in [-0.2, -0.15) is 13.2 Å². The van der Waals surface area contributed by atoms with Crippen molar-refractivity contribution in [3.8, 4) is 11.1 Å². The number of amides is 1. The molecule has 1 amide bonds. The van der Waals surface area contributed by atoms with Crippen LogP contribution in [0.2, 0.25) is 5.02 Å². The molecule has 1 N–H and O–H groups in total. The van der Waals surface area contributed by atoms with Crippen molar-refractivity contribution in [2.45, 2.75) is 32.5 Å². The number of carbonyl (C=O) groups is 2. The van der Waals surface area contributed by atoms with Gasteiger partial charge in [-0.25, -0.2) is 4.79 Å². The minimum absolute atomic E-state index is 0.0354. The number of halogens is 4. The Kier molecular flexibility index (Phi) is 7.38. The van der Waals surface area contributed by atoms with Crippen molar-refractivity contribution in [3.05, 3.63) is 82.6 Å². The topological polar surface area (TPSA) is 70.5 Å². The number of fused-ring (bicyclic) bond motifs is 2. The molecule has 3 aromatic rings. The summed E-state index contributed by atoms with van der Waals surface area (Å²) >= 11 is 6.18. The van der Waals surface area contributed by atoms with Gasteiger partial charge in [-0.3, -0.25) is 9.78 Å². The first-order valence-corrected chi connectivity index (χ1v) is 10.3. The van der Waals surface area contributed by atoms with E-state index in [1.54, 1.807) is 13.1 Å². The first-order valence-electron chi connectivity index (χ1n) is 9.95. The molecule has 1 aliphatic heterocycles. The molecule has 0 unspecified atom stereocenters. The summed E-state index contributed by atoms with van der Waals surface area (Å²) in [6.07, 6.45) is 0.349. The van der Waals surface area contributed by atoms with Gasteiger partial charge in [0.2, 0.25) is 5.91 Å². The van der Waals surface area contributed by atoms with Crippen molar-refractivity contribution in [2.75, 3.05) is 4.90 Å². The largest absolute Gasteiger partial charge is 0.490 e. The summed E-state index contributed by atoms with van der Waals surface area (Å²) in [7, 11) is 0. The lowest BCUT2D eigenvalue weighted by atomic mass is 9.93. The standard InChI is InChI=1S/C22H19ClN2O.C2HF3O2/c1-15(26)25-14-20-11-17(19-3-2-10-24-13-19)6-4-16(20)5-7-18-12-21(23)8-9-22(18)25;3-2(4,5)1(6)7/h2-4,6,8-13H,5,7,14H2,1H3;(H,6,7). The number of carboxylic acid groups (broad SMARTS) is 1. The van der Waals surface area contributed by atoms with E-state index in [1.165, 1.54) is 11.1 Å². The van der Waals surface area contributed by atoms with Crippen LogP contribution >= 0.6 is 11.6 Å². The molecule has 0 atom stereocenters. The van der Waals surface area contributed by atoms with Crippen LogP contribution in [0.3, 0.4) is 0 Å². The van der Waals surface area contributed by atoms with E-state index in [4.69, 9.17) is 21.5 Å². The van der Waals surface area contributed by atoms with Crippen LogP contribution in [-0.4, -0.2) is 28.1 Å². The maximum Gasteiger partial charge on any atom is 0.490 e. The molecule has 1 aliphatic rings. The van der Waals surface area contributed by atoms with E-state index in [2.05, 4.69) is 29.2 Å². The Morgan fingerprint density at radius 2 is 1.70 bits per heavy atom. The number of aliphatic carboxylic acids is 1. The van der Waals surface area contributed by atoms with Gasteiger partial charge in [0.15, 0.2) is 0 Å². The second-order valence-corrected chi connectivity index (χ2v) is 7.84. The number of pyridine rings is 1. The van der Waals surface area contributed by atoms with E-state index in [0.29, 0.717) is 11.6 Å². The first kappa shape index (κ1) is 24.3. The molecule has 33 heavy (non-hydrogen) atoms. The Labute approximate surface area is 193 Å². The molecule has 0 fully saturated rings. The smallest absolute Gasteiger partial charge is 0.475 e. The second kappa shape index (κ2) is 10.0. The highest BCUT2D eigenvalue weighted by molar-refractivity contribution is 6.30. The van der Waals surface area contributed by atoms with Gasteiger partial charge in [-0.15, -0.1) is 0 Å². The minimum Gasteiger partial charge on any atom is -0.475 e. The monoisotopic (exact) mass is 476 g/mol. The summed E-state index contributed by atoms with van der Waals surface area (Å²) in [6, 6.07) is 16.3. The molecule has 0 saturated carbocycles. The van der Waals surface area contributed by atoms with E-state index in [1.807, 2.05) is 35.4 Å². The van der Waals surface area contributed by atoms with Gasteiger partial charge >= 0.3 is 12.1 Å². The molecule has 2 aromatic carbocycles. The number of hydrogen-bond acceptors (Lipinski definition) is 3. The lowest BCUT2D eigenvalue weighted by molar-refractivity contribution is -0.192. The molecule has 2 heterocycles. The summed E-state index contributed by atoms with van der Waals surface area (Å²) in [5.41, 5.74) is 6.74. The number of anilines is 1. The minimum atomic E-state index is -5.08. The van der Waals surface area contributed by atoms with Gasteiger partial charge in [-0.1, -0.05) is 29.8 Å². The lowest BCUT2D eigenvalue weighted by Gasteiger charge is -2.28. The Morgan fingerprint density at radius 3 is 2.30 bits per heavy atom. The van der Waals surface area contributed by atoms with Crippen LogP contribution in [0, 0.1) is 0 Å². The number of alkyl halides is 3. The Hall–Kier alpha value is -3.39. The fraction of sp³-hybridized carbons (Fsp3) is 0.208. The zero-order valence-electron chi connectivity index (χ0n) is 17.6. The van der Waals surface area contributed by atoms with Crippen LogP contribution in [0.1, 0.15) is 23.6 Å². The SMILES string of the molecule is CC(=O)N1Cc2cc(-c3cccnc3)ccc2CCc2cc(Cl)ccc21.O=C(O)C(F)(F)F. The van der Waals surface area contributed by atoms with Crippen molar-refractivity contribution >= 4 is 29.2 Å². The van der Waals surface area contributed by atoms with Crippen LogP contribution in [0.25, 0.3) is 11.1 Å². The molecule has 4 rings (SSSR count). The molecule has 0 spiro atoms.